The van der Waals surface area contributed by atoms with Crippen LogP contribution in [0.25, 0.3) is 6.08 Å². The van der Waals surface area contributed by atoms with Crippen LogP contribution in [0.3, 0.4) is 0 Å². The molecule has 0 aliphatic heterocycles. The van der Waals surface area contributed by atoms with E-state index in [0.29, 0.717) is 39.5 Å². The Morgan fingerprint density at radius 1 is 1.03 bits per heavy atom. The predicted octanol–water partition coefficient (Wildman–Crippen LogP) is 4.93. The lowest BCUT2D eigenvalue weighted by atomic mass is 10.1. The van der Waals surface area contributed by atoms with Gasteiger partial charge in [-0.15, -0.1) is 0 Å². The van der Waals surface area contributed by atoms with E-state index in [1.807, 2.05) is 61.5 Å². The summed E-state index contributed by atoms with van der Waals surface area (Å²) >= 11 is 2.07. The lowest BCUT2D eigenvalue weighted by Gasteiger charge is -2.15. The van der Waals surface area contributed by atoms with Gasteiger partial charge in [-0.25, -0.2) is 0 Å². The number of carbonyl (C=O) groups excluding carboxylic acids is 2. The van der Waals surface area contributed by atoms with Crippen molar-refractivity contribution in [3.8, 4) is 17.6 Å². The molecule has 2 N–H and O–H groups in total. The van der Waals surface area contributed by atoms with E-state index in [2.05, 4.69) is 33.2 Å². The van der Waals surface area contributed by atoms with Crippen LogP contribution in [0.2, 0.25) is 0 Å². The number of para-hydroxylation sites is 1. The number of benzene rings is 3. The van der Waals surface area contributed by atoms with Crippen LogP contribution < -0.4 is 20.1 Å². The maximum absolute atomic E-state index is 12.5. The number of carbonyl (C=O) groups is 2. The number of hydrogen-bond donors (Lipinski definition) is 2. The molecular formula is C27H24IN3O4. The van der Waals surface area contributed by atoms with E-state index >= 15 is 0 Å². The zero-order valence-electron chi connectivity index (χ0n) is 19.1. The van der Waals surface area contributed by atoms with Crippen LogP contribution in [0.15, 0.2) is 78.4 Å². The van der Waals surface area contributed by atoms with E-state index < -0.39 is 5.91 Å². The molecule has 0 aliphatic rings. The average molecular weight is 581 g/mol. The summed E-state index contributed by atoms with van der Waals surface area (Å²) in [6, 6.07) is 23.9. The van der Waals surface area contributed by atoms with Crippen LogP contribution in [-0.4, -0.2) is 25.0 Å². The number of amides is 2. The number of halogens is 1. The normalized spacial score (nSPS) is 10.7. The summed E-state index contributed by atoms with van der Waals surface area (Å²) in [6.45, 7) is 2.32. The summed E-state index contributed by atoms with van der Waals surface area (Å²) < 4.78 is 12.2. The molecule has 7 nitrogen and oxygen atoms in total. The molecule has 0 bridgehead atoms. The second-order valence-corrected chi connectivity index (χ2v) is 8.47. The third-order valence-electron chi connectivity index (χ3n) is 4.71. The fourth-order valence-electron chi connectivity index (χ4n) is 3.12. The number of rotatable bonds is 10. The molecule has 0 fully saturated rings. The number of nitrogens with one attached hydrogen (secondary N) is 2. The van der Waals surface area contributed by atoms with Crippen LogP contribution in [0, 0.1) is 14.9 Å². The standard InChI is InChI=1S/C27H24IN3O4/c1-2-34-24-15-20(13-21(16-29)27(33)30-17-19-9-5-3-6-10-19)14-23(28)26(24)35-18-25(32)31-22-11-7-4-8-12-22/h3-15H,2,17-18H2,1H3,(H,30,33)(H,31,32)/b21-13+. The first-order valence-electron chi connectivity index (χ1n) is 10.9. The van der Waals surface area contributed by atoms with E-state index in [9.17, 15) is 14.9 Å². The molecule has 0 unspecified atom stereocenters. The van der Waals surface area contributed by atoms with Gasteiger partial charge in [0, 0.05) is 12.2 Å². The second kappa shape index (κ2) is 13.2. The summed E-state index contributed by atoms with van der Waals surface area (Å²) in [5, 5.41) is 15.1. The number of nitrogens with zero attached hydrogens (tertiary/aromatic N) is 1. The molecule has 0 heterocycles. The molecule has 178 valence electrons. The summed E-state index contributed by atoms with van der Waals surface area (Å²) in [7, 11) is 0. The van der Waals surface area contributed by atoms with Crippen molar-refractivity contribution in [3.63, 3.8) is 0 Å². The van der Waals surface area contributed by atoms with E-state index in [1.165, 1.54) is 6.08 Å². The van der Waals surface area contributed by atoms with E-state index in [-0.39, 0.29) is 18.1 Å². The van der Waals surface area contributed by atoms with E-state index in [1.54, 1.807) is 24.3 Å². The van der Waals surface area contributed by atoms with Gasteiger partial charge in [0.05, 0.1) is 10.2 Å². The zero-order valence-corrected chi connectivity index (χ0v) is 21.2. The van der Waals surface area contributed by atoms with Crippen LogP contribution in [0.1, 0.15) is 18.1 Å². The van der Waals surface area contributed by atoms with E-state index in [4.69, 9.17) is 9.47 Å². The highest BCUT2D eigenvalue weighted by molar-refractivity contribution is 14.1. The molecule has 0 saturated heterocycles. The van der Waals surface area contributed by atoms with Gasteiger partial charge in [0.1, 0.15) is 11.6 Å². The maximum atomic E-state index is 12.5. The van der Waals surface area contributed by atoms with Gasteiger partial charge in [0.2, 0.25) is 0 Å². The molecule has 0 aromatic heterocycles. The van der Waals surface area contributed by atoms with Gasteiger partial charge < -0.3 is 20.1 Å². The molecule has 0 spiro atoms. The van der Waals surface area contributed by atoms with Crippen LogP contribution >= 0.6 is 22.6 Å². The first kappa shape index (κ1) is 25.8. The quantitative estimate of drug-likeness (QED) is 0.201. The summed E-state index contributed by atoms with van der Waals surface area (Å²) in [5.41, 5.74) is 2.18. The predicted molar refractivity (Wildman–Crippen MR) is 143 cm³/mol. The maximum Gasteiger partial charge on any atom is 0.262 e. The Bertz CT molecular complexity index is 1240. The van der Waals surface area contributed by atoms with Gasteiger partial charge in [-0.2, -0.15) is 5.26 Å². The fraction of sp³-hybridized carbons (Fsp3) is 0.148. The Morgan fingerprint density at radius 3 is 2.37 bits per heavy atom. The van der Waals surface area contributed by atoms with Crippen molar-refractivity contribution >= 4 is 46.2 Å². The minimum atomic E-state index is -0.470. The molecule has 8 heteroatoms. The topological polar surface area (TPSA) is 100 Å². The van der Waals surface area contributed by atoms with Gasteiger partial charge in [0.15, 0.2) is 18.1 Å². The highest BCUT2D eigenvalue weighted by atomic mass is 127. The highest BCUT2D eigenvalue weighted by Crippen LogP contribution is 2.35. The third kappa shape index (κ3) is 7.86. The Balaban J connectivity index is 1.72. The molecule has 3 rings (SSSR count). The summed E-state index contributed by atoms with van der Waals surface area (Å²) in [4.78, 5) is 24.8. The van der Waals surface area contributed by atoms with Crippen LogP contribution in [-0.2, 0) is 16.1 Å². The van der Waals surface area contributed by atoms with E-state index in [0.717, 1.165) is 5.56 Å². The van der Waals surface area contributed by atoms with Crippen molar-refractivity contribution in [2.24, 2.45) is 0 Å². The number of nitriles is 1. The number of hydrogen-bond acceptors (Lipinski definition) is 5. The summed E-state index contributed by atoms with van der Waals surface area (Å²) in [5.74, 6) is 0.0579. The second-order valence-electron chi connectivity index (χ2n) is 7.30. The van der Waals surface area contributed by atoms with Gasteiger partial charge in [0.25, 0.3) is 11.8 Å². The number of anilines is 1. The minimum Gasteiger partial charge on any atom is -0.490 e. The molecule has 3 aromatic rings. The largest absolute Gasteiger partial charge is 0.490 e. The highest BCUT2D eigenvalue weighted by Gasteiger charge is 2.15. The average Bonchev–Trinajstić information content (AvgIpc) is 2.86. The van der Waals surface area contributed by atoms with Crippen LogP contribution in [0.5, 0.6) is 11.5 Å². The molecule has 2 amide bonds. The first-order valence-corrected chi connectivity index (χ1v) is 12.0. The Kier molecular flexibility index (Phi) is 9.69. The van der Waals surface area contributed by atoms with Gasteiger partial charge >= 0.3 is 0 Å². The lowest BCUT2D eigenvalue weighted by Crippen LogP contribution is -2.23. The molecular weight excluding hydrogens is 557 g/mol. The number of ether oxygens (including phenoxy) is 2. The SMILES string of the molecule is CCOc1cc(/C=C(\C#N)C(=O)NCc2ccccc2)cc(I)c1OCC(=O)Nc1ccccc1. The van der Waals surface area contributed by atoms with Gasteiger partial charge in [-0.1, -0.05) is 48.5 Å². The van der Waals surface area contributed by atoms with Crippen molar-refractivity contribution < 1.29 is 19.1 Å². The smallest absolute Gasteiger partial charge is 0.262 e. The minimum absolute atomic E-state index is 0.0323. The van der Waals surface area contributed by atoms with Crippen molar-refractivity contribution in [2.45, 2.75) is 13.5 Å². The fourth-order valence-corrected chi connectivity index (χ4v) is 3.90. The molecule has 0 radical (unpaired) electrons. The Labute approximate surface area is 217 Å². The Hall–Kier alpha value is -3.84. The molecule has 0 saturated carbocycles. The third-order valence-corrected chi connectivity index (χ3v) is 5.51. The van der Waals surface area contributed by atoms with Crippen LogP contribution in [0.4, 0.5) is 5.69 Å². The monoisotopic (exact) mass is 581 g/mol. The lowest BCUT2D eigenvalue weighted by molar-refractivity contribution is -0.118. The summed E-state index contributed by atoms with van der Waals surface area (Å²) in [6.07, 6.45) is 1.50. The first-order chi connectivity index (χ1) is 17.0. The van der Waals surface area contributed by atoms with Crippen molar-refractivity contribution in [2.75, 3.05) is 18.5 Å². The van der Waals surface area contributed by atoms with Crippen molar-refractivity contribution in [3.05, 3.63) is 93.1 Å². The molecule has 0 aliphatic carbocycles. The molecule has 3 aromatic carbocycles. The Morgan fingerprint density at radius 2 is 1.71 bits per heavy atom. The van der Waals surface area contributed by atoms with Crippen molar-refractivity contribution in [1.82, 2.24) is 5.32 Å². The zero-order chi connectivity index (χ0) is 25.0. The van der Waals surface area contributed by atoms with Gasteiger partial charge in [-0.3, -0.25) is 9.59 Å². The van der Waals surface area contributed by atoms with Crippen molar-refractivity contribution in [1.29, 1.82) is 5.26 Å². The molecule has 35 heavy (non-hydrogen) atoms. The van der Waals surface area contributed by atoms with Gasteiger partial charge in [-0.05, 0) is 71.0 Å². The molecule has 0 atom stereocenters.